The van der Waals surface area contributed by atoms with Gasteiger partial charge >= 0.3 is 0 Å². The molecule has 0 spiro atoms. The molecule has 132 valence electrons. The molecule has 3 rings (SSSR count). The third-order valence-corrected chi connectivity index (χ3v) is 5.79. The molecule has 0 saturated carbocycles. The minimum absolute atomic E-state index is 0.0259. The lowest BCUT2D eigenvalue weighted by atomic mass is 10.2. The number of hydrogen-bond donors (Lipinski definition) is 1. The third-order valence-electron chi connectivity index (χ3n) is 4.04. The second-order valence-corrected chi connectivity index (χ2v) is 8.12. The maximum Gasteiger partial charge on any atom is 0.274 e. The third kappa shape index (κ3) is 4.11. The smallest absolute Gasteiger partial charge is 0.274 e. The number of nitrogens with zero attached hydrogens (tertiary/aromatic N) is 3. The molecule has 1 aliphatic heterocycles. The highest BCUT2D eigenvalue weighted by Crippen LogP contribution is 2.19. The molecule has 1 saturated heterocycles. The van der Waals surface area contributed by atoms with E-state index in [2.05, 4.69) is 15.3 Å². The van der Waals surface area contributed by atoms with E-state index >= 15 is 0 Å². The van der Waals surface area contributed by atoms with Gasteiger partial charge in [0.05, 0.1) is 23.9 Å². The van der Waals surface area contributed by atoms with Gasteiger partial charge in [-0.15, -0.1) is 0 Å². The van der Waals surface area contributed by atoms with Gasteiger partial charge in [-0.2, -0.15) is 0 Å². The lowest BCUT2D eigenvalue weighted by Gasteiger charge is -2.22. The van der Waals surface area contributed by atoms with Gasteiger partial charge in [-0.25, -0.2) is 22.8 Å². The van der Waals surface area contributed by atoms with E-state index in [1.54, 1.807) is 19.2 Å². The highest BCUT2D eigenvalue weighted by atomic mass is 32.2. The Morgan fingerprint density at radius 2 is 2.12 bits per heavy atom. The maximum atomic E-state index is 13.2. The van der Waals surface area contributed by atoms with Crippen LogP contribution in [0.4, 0.5) is 15.9 Å². The Balaban J connectivity index is 1.68. The quantitative estimate of drug-likeness (QED) is 0.886. The molecule has 7 nitrogen and oxygen atoms in total. The summed E-state index contributed by atoms with van der Waals surface area (Å²) in [5.41, 5.74) is 0.637. The second-order valence-electron chi connectivity index (χ2n) is 5.90. The van der Waals surface area contributed by atoms with E-state index in [-0.39, 0.29) is 35.0 Å². The van der Waals surface area contributed by atoms with E-state index in [1.807, 2.05) is 0 Å². The van der Waals surface area contributed by atoms with Crippen LogP contribution in [-0.2, 0) is 9.84 Å². The van der Waals surface area contributed by atoms with Crippen molar-refractivity contribution in [1.82, 2.24) is 14.9 Å². The molecule has 1 aliphatic rings. The first-order valence-corrected chi connectivity index (χ1v) is 9.48. The SMILES string of the molecule is CN(C(=O)c1cnc(Nc2cccc(F)c2)cn1)C1CCS(=O)(=O)C1. The van der Waals surface area contributed by atoms with Crippen molar-refractivity contribution in [3.05, 3.63) is 48.2 Å². The number of anilines is 2. The number of nitrogens with one attached hydrogen (secondary N) is 1. The van der Waals surface area contributed by atoms with E-state index in [0.29, 0.717) is 17.9 Å². The number of benzene rings is 1. The summed E-state index contributed by atoms with van der Waals surface area (Å²) in [7, 11) is -1.51. The summed E-state index contributed by atoms with van der Waals surface area (Å²) < 4.78 is 36.3. The monoisotopic (exact) mass is 364 g/mol. The van der Waals surface area contributed by atoms with Crippen LogP contribution < -0.4 is 5.32 Å². The van der Waals surface area contributed by atoms with Crippen LogP contribution >= 0.6 is 0 Å². The number of carbonyl (C=O) groups is 1. The van der Waals surface area contributed by atoms with Crippen LogP contribution in [0.2, 0.25) is 0 Å². The Morgan fingerprint density at radius 3 is 2.72 bits per heavy atom. The molecule has 1 N–H and O–H groups in total. The van der Waals surface area contributed by atoms with Crippen LogP contribution in [0.1, 0.15) is 16.9 Å². The first-order chi connectivity index (χ1) is 11.8. The average molecular weight is 364 g/mol. The molecule has 0 radical (unpaired) electrons. The highest BCUT2D eigenvalue weighted by Gasteiger charge is 2.33. The number of aromatic nitrogens is 2. The van der Waals surface area contributed by atoms with Crippen molar-refractivity contribution >= 4 is 27.2 Å². The number of hydrogen-bond acceptors (Lipinski definition) is 6. The van der Waals surface area contributed by atoms with Gasteiger partial charge in [-0.1, -0.05) is 6.07 Å². The fraction of sp³-hybridized carbons (Fsp3) is 0.312. The summed E-state index contributed by atoms with van der Waals surface area (Å²) in [4.78, 5) is 22.0. The normalized spacial score (nSPS) is 18.7. The molecule has 1 aromatic carbocycles. The van der Waals surface area contributed by atoms with Crippen molar-refractivity contribution < 1.29 is 17.6 Å². The molecular weight excluding hydrogens is 347 g/mol. The van der Waals surface area contributed by atoms with Crippen molar-refractivity contribution in [2.24, 2.45) is 0 Å². The zero-order valence-corrected chi connectivity index (χ0v) is 14.3. The average Bonchev–Trinajstić information content (AvgIpc) is 2.94. The molecular formula is C16H17FN4O3S. The summed E-state index contributed by atoms with van der Waals surface area (Å²) in [5.74, 6) is -0.322. The van der Waals surface area contributed by atoms with Gasteiger partial charge in [0, 0.05) is 18.8 Å². The van der Waals surface area contributed by atoms with Gasteiger partial charge in [0.15, 0.2) is 9.84 Å². The predicted octanol–water partition coefficient (Wildman–Crippen LogP) is 1.62. The Hall–Kier alpha value is -2.55. The van der Waals surface area contributed by atoms with E-state index < -0.39 is 9.84 Å². The number of halogens is 1. The minimum Gasteiger partial charge on any atom is -0.339 e. The van der Waals surface area contributed by atoms with Crippen LogP contribution in [0.15, 0.2) is 36.7 Å². The van der Waals surface area contributed by atoms with Gasteiger partial charge in [0.2, 0.25) is 0 Å². The standard InChI is InChI=1S/C16H17FN4O3S/c1-21(13-5-6-25(23,24)10-13)16(22)14-8-19-15(9-18-14)20-12-4-2-3-11(17)7-12/h2-4,7-9,13H,5-6,10H2,1H3,(H,19,20). The molecule has 1 unspecified atom stereocenters. The zero-order chi connectivity index (χ0) is 18.0. The van der Waals surface area contributed by atoms with Crippen LogP contribution in [0.25, 0.3) is 0 Å². The fourth-order valence-corrected chi connectivity index (χ4v) is 4.42. The van der Waals surface area contributed by atoms with E-state index in [0.717, 1.165) is 0 Å². The van der Waals surface area contributed by atoms with Gasteiger partial charge in [0.25, 0.3) is 5.91 Å². The summed E-state index contributed by atoms with van der Waals surface area (Å²) >= 11 is 0. The summed E-state index contributed by atoms with van der Waals surface area (Å²) in [5, 5.41) is 2.89. The Morgan fingerprint density at radius 1 is 1.32 bits per heavy atom. The second kappa shape index (κ2) is 6.75. The van der Waals surface area contributed by atoms with Crippen molar-refractivity contribution in [1.29, 1.82) is 0 Å². The van der Waals surface area contributed by atoms with Crippen molar-refractivity contribution in [3.63, 3.8) is 0 Å². The number of sulfone groups is 1. The van der Waals surface area contributed by atoms with Crippen LogP contribution in [0, 0.1) is 5.82 Å². The number of carbonyl (C=O) groups excluding carboxylic acids is 1. The summed E-state index contributed by atoms with van der Waals surface area (Å²) in [6.07, 6.45) is 3.11. The molecule has 1 amide bonds. The highest BCUT2D eigenvalue weighted by molar-refractivity contribution is 7.91. The van der Waals surface area contributed by atoms with Crippen molar-refractivity contribution in [3.8, 4) is 0 Å². The van der Waals surface area contributed by atoms with Gasteiger partial charge < -0.3 is 10.2 Å². The van der Waals surface area contributed by atoms with Gasteiger partial charge in [0.1, 0.15) is 17.3 Å². The molecule has 1 fully saturated rings. The van der Waals surface area contributed by atoms with Crippen LogP contribution in [0.5, 0.6) is 0 Å². The molecule has 9 heteroatoms. The molecule has 2 heterocycles. The van der Waals surface area contributed by atoms with Crippen molar-refractivity contribution in [2.45, 2.75) is 12.5 Å². The largest absolute Gasteiger partial charge is 0.339 e. The maximum absolute atomic E-state index is 13.2. The molecule has 0 aliphatic carbocycles. The van der Waals surface area contributed by atoms with E-state index in [4.69, 9.17) is 0 Å². The number of amides is 1. The minimum atomic E-state index is -3.07. The first kappa shape index (κ1) is 17.3. The fourth-order valence-electron chi connectivity index (χ4n) is 2.64. The molecule has 25 heavy (non-hydrogen) atoms. The lowest BCUT2D eigenvalue weighted by Crippen LogP contribution is -2.38. The Bertz CT molecular complexity index is 887. The predicted molar refractivity (Wildman–Crippen MR) is 90.9 cm³/mol. The zero-order valence-electron chi connectivity index (χ0n) is 13.5. The molecule has 1 atom stereocenters. The van der Waals surface area contributed by atoms with E-state index in [9.17, 15) is 17.6 Å². The summed E-state index contributed by atoms with van der Waals surface area (Å²) in [6, 6.07) is 5.54. The first-order valence-electron chi connectivity index (χ1n) is 7.66. The molecule has 0 bridgehead atoms. The van der Waals surface area contributed by atoms with Crippen LogP contribution in [0.3, 0.4) is 0 Å². The lowest BCUT2D eigenvalue weighted by molar-refractivity contribution is 0.0741. The van der Waals surface area contributed by atoms with E-state index in [1.165, 1.54) is 29.4 Å². The van der Waals surface area contributed by atoms with Crippen LogP contribution in [-0.4, -0.2) is 53.8 Å². The number of rotatable bonds is 4. The summed E-state index contributed by atoms with van der Waals surface area (Å²) in [6.45, 7) is 0. The van der Waals surface area contributed by atoms with Gasteiger partial charge in [-0.05, 0) is 24.6 Å². The Kier molecular flexibility index (Phi) is 4.67. The Labute approximate surface area is 144 Å². The molecule has 1 aromatic heterocycles. The van der Waals surface area contributed by atoms with Gasteiger partial charge in [-0.3, -0.25) is 4.79 Å². The van der Waals surface area contributed by atoms with Crippen molar-refractivity contribution in [2.75, 3.05) is 23.9 Å². The molecule has 2 aromatic rings. The topological polar surface area (TPSA) is 92.3 Å².